The van der Waals surface area contributed by atoms with E-state index in [2.05, 4.69) is 15.3 Å². The molecule has 0 bridgehead atoms. The predicted molar refractivity (Wildman–Crippen MR) is 73.7 cm³/mol. The number of H-pyrrole nitrogens is 1. The number of rotatable bonds is 3. The standard InChI is InChI=1S/C15H12FN3O/c16-12-5-1-3-10-6-7-13(19-14(10)12)15(20)18-9-11-4-2-8-17-11/h1-8,17H,9H2,(H,18,20). The normalized spacial score (nSPS) is 10.7. The highest BCUT2D eigenvalue weighted by Gasteiger charge is 2.10. The second-order valence-electron chi connectivity index (χ2n) is 4.39. The van der Waals surface area contributed by atoms with Gasteiger partial charge in [-0.1, -0.05) is 18.2 Å². The smallest absolute Gasteiger partial charge is 0.270 e. The number of amides is 1. The monoisotopic (exact) mass is 269 g/mol. The Balaban J connectivity index is 1.82. The number of fused-ring (bicyclic) bond motifs is 1. The lowest BCUT2D eigenvalue weighted by molar-refractivity contribution is 0.0946. The molecule has 100 valence electrons. The van der Waals surface area contributed by atoms with Crippen LogP contribution in [0.2, 0.25) is 0 Å². The molecule has 2 heterocycles. The van der Waals surface area contributed by atoms with E-state index in [0.717, 1.165) is 5.69 Å². The van der Waals surface area contributed by atoms with Crippen molar-refractivity contribution in [2.75, 3.05) is 0 Å². The van der Waals surface area contributed by atoms with Crippen molar-refractivity contribution in [3.63, 3.8) is 0 Å². The third kappa shape index (κ3) is 2.38. The summed E-state index contributed by atoms with van der Waals surface area (Å²) in [7, 11) is 0. The van der Waals surface area contributed by atoms with Crippen LogP contribution in [0.1, 0.15) is 16.2 Å². The summed E-state index contributed by atoms with van der Waals surface area (Å²) in [5.74, 6) is -0.758. The number of halogens is 1. The van der Waals surface area contributed by atoms with E-state index in [9.17, 15) is 9.18 Å². The number of para-hydroxylation sites is 1. The third-order valence-corrected chi connectivity index (χ3v) is 3.01. The van der Waals surface area contributed by atoms with E-state index < -0.39 is 5.82 Å². The van der Waals surface area contributed by atoms with Crippen LogP contribution in [0, 0.1) is 5.82 Å². The van der Waals surface area contributed by atoms with E-state index >= 15 is 0 Å². The first kappa shape index (κ1) is 12.3. The topological polar surface area (TPSA) is 57.8 Å². The molecule has 0 unspecified atom stereocenters. The first-order valence-corrected chi connectivity index (χ1v) is 6.20. The molecule has 3 aromatic rings. The van der Waals surface area contributed by atoms with E-state index in [4.69, 9.17) is 0 Å². The van der Waals surface area contributed by atoms with Gasteiger partial charge in [-0.3, -0.25) is 4.79 Å². The van der Waals surface area contributed by atoms with Gasteiger partial charge in [-0.2, -0.15) is 0 Å². The molecule has 3 rings (SSSR count). The average Bonchev–Trinajstić information content (AvgIpc) is 2.98. The molecule has 0 spiro atoms. The summed E-state index contributed by atoms with van der Waals surface area (Å²) in [6.07, 6.45) is 1.78. The van der Waals surface area contributed by atoms with Gasteiger partial charge in [0.1, 0.15) is 17.0 Å². The van der Waals surface area contributed by atoms with E-state index in [1.807, 2.05) is 12.1 Å². The van der Waals surface area contributed by atoms with Crippen LogP contribution in [0.3, 0.4) is 0 Å². The van der Waals surface area contributed by atoms with Gasteiger partial charge in [0.25, 0.3) is 5.91 Å². The Morgan fingerprint density at radius 3 is 2.90 bits per heavy atom. The fourth-order valence-corrected chi connectivity index (χ4v) is 1.98. The second-order valence-corrected chi connectivity index (χ2v) is 4.39. The molecule has 2 aromatic heterocycles. The Bertz CT molecular complexity index is 753. The van der Waals surface area contributed by atoms with Crippen LogP contribution >= 0.6 is 0 Å². The van der Waals surface area contributed by atoms with Gasteiger partial charge in [0.05, 0.1) is 6.54 Å². The lowest BCUT2D eigenvalue weighted by atomic mass is 10.2. The van der Waals surface area contributed by atoms with Crippen molar-refractivity contribution < 1.29 is 9.18 Å². The summed E-state index contributed by atoms with van der Waals surface area (Å²) in [5.41, 5.74) is 1.31. The highest BCUT2D eigenvalue weighted by Crippen LogP contribution is 2.15. The number of benzene rings is 1. The van der Waals surface area contributed by atoms with Crippen molar-refractivity contribution >= 4 is 16.8 Å². The minimum Gasteiger partial charge on any atom is -0.364 e. The summed E-state index contributed by atoms with van der Waals surface area (Å²) >= 11 is 0. The summed E-state index contributed by atoms with van der Waals surface area (Å²) < 4.78 is 13.6. The molecule has 0 fully saturated rings. The van der Waals surface area contributed by atoms with Crippen molar-refractivity contribution in [3.05, 3.63) is 65.9 Å². The minimum absolute atomic E-state index is 0.203. The van der Waals surface area contributed by atoms with E-state index in [1.165, 1.54) is 6.07 Å². The van der Waals surface area contributed by atoms with Gasteiger partial charge in [-0.05, 0) is 24.3 Å². The number of carbonyl (C=O) groups excluding carboxylic acids is 1. The minimum atomic E-state index is -0.429. The quantitative estimate of drug-likeness (QED) is 0.768. The molecule has 0 aliphatic rings. The molecule has 0 saturated carbocycles. The molecule has 0 aliphatic heterocycles. The van der Waals surface area contributed by atoms with Gasteiger partial charge >= 0.3 is 0 Å². The fourth-order valence-electron chi connectivity index (χ4n) is 1.98. The molecule has 0 atom stereocenters. The molecule has 1 aromatic carbocycles. The SMILES string of the molecule is O=C(NCc1ccc[nH]1)c1ccc2cccc(F)c2n1. The molecule has 20 heavy (non-hydrogen) atoms. The maximum absolute atomic E-state index is 13.6. The van der Waals surface area contributed by atoms with Gasteiger partial charge < -0.3 is 10.3 Å². The van der Waals surface area contributed by atoms with Gasteiger partial charge in [-0.25, -0.2) is 9.37 Å². The predicted octanol–water partition coefficient (Wildman–Crippen LogP) is 2.63. The molecule has 0 radical (unpaired) electrons. The van der Waals surface area contributed by atoms with Crippen molar-refractivity contribution in [1.29, 1.82) is 0 Å². The van der Waals surface area contributed by atoms with Crippen LogP contribution in [0.5, 0.6) is 0 Å². The molecule has 5 heteroatoms. The van der Waals surface area contributed by atoms with Crippen LogP contribution in [-0.4, -0.2) is 15.9 Å². The van der Waals surface area contributed by atoms with Crippen molar-refractivity contribution in [2.45, 2.75) is 6.54 Å². The number of hydrogen-bond acceptors (Lipinski definition) is 2. The maximum Gasteiger partial charge on any atom is 0.270 e. The van der Waals surface area contributed by atoms with Crippen LogP contribution in [0.15, 0.2) is 48.7 Å². The fraction of sp³-hybridized carbons (Fsp3) is 0.0667. The van der Waals surface area contributed by atoms with Crippen LogP contribution in [-0.2, 0) is 6.54 Å². The Hall–Kier alpha value is -2.69. The Morgan fingerprint density at radius 1 is 1.20 bits per heavy atom. The van der Waals surface area contributed by atoms with Crippen molar-refractivity contribution in [2.24, 2.45) is 0 Å². The van der Waals surface area contributed by atoms with Crippen LogP contribution in [0.25, 0.3) is 10.9 Å². The van der Waals surface area contributed by atoms with Gasteiger partial charge in [0, 0.05) is 17.3 Å². The largest absolute Gasteiger partial charge is 0.364 e. The third-order valence-electron chi connectivity index (χ3n) is 3.01. The molecule has 0 aliphatic carbocycles. The van der Waals surface area contributed by atoms with E-state index in [1.54, 1.807) is 30.5 Å². The average molecular weight is 269 g/mol. The highest BCUT2D eigenvalue weighted by atomic mass is 19.1. The number of hydrogen-bond donors (Lipinski definition) is 2. The lowest BCUT2D eigenvalue weighted by Gasteiger charge is -2.05. The van der Waals surface area contributed by atoms with E-state index in [-0.39, 0.29) is 17.1 Å². The Kier molecular flexibility index (Phi) is 3.16. The maximum atomic E-state index is 13.6. The summed E-state index contributed by atoms with van der Waals surface area (Å²) in [4.78, 5) is 19.0. The second kappa shape index (κ2) is 5.13. The number of aromatic nitrogens is 2. The molecule has 2 N–H and O–H groups in total. The molecule has 1 amide bonds. The molecular formula is C15H12FN3O. The number of aromatic amines is 1. The zero-order valence-electron chi connectivity index (χ0n) is 10.6. The summed E-state index contributed by atoms with van der Waals surface area (Å²) in [6.45, 7) is 0.378. The first-order chi connectivity index (χ1) is 9.74. The number of carbonyl (C=O) groups is 1. The zero-order valence-corrected chi connectivity index (χ0v) is 10.6. The molecule has 4 nitrogen and oxygen atoms in total. The Morgan fingerprint density at radius 2 is 2.10 bits per heavy atom. The molecule has 0 saturated heterocycles. The highest BCUT2D eigenvalue weighted by molar-refractivity contribution is 5.94. The van der Waals surface area contributed by atoms with Crippen LogP contribution < -0.4 is 5.32 Å². The first-order valence-electron chi connectivity index (χ1n) is 6.20. The van der Waals surface area contributed by atoms with E-state index in [0.29, 0.717) is 11.9 Å². The van der Waals surface area contributed by atoms with Gasteiger partial charge in [-0.15, -0.1) is 0 Å². The van der Waals surface area contributed by atoms with Crippen molar-refractivity contribution in [3.8, 4) is 0 Å². The summed E-state index contributed by atoms with van der Waals surface area (Å²) in [6, 6.07) is 11.7. The number of nitrogens with one attached hydrogen (secondary N) is 2. The van der Waals surface area contributed by atoms with Crippen LogP contribution in [0.4, 0.5) is 4.39 Å². The van der Waals surface area contributed by atoms with Gasteiger partial charge in [0.15, 0.2) is 0 Å². The molecular weight excluding hydrogens is 257 g/mol. The summed E-state index contributed by atoms with van der Waals surface area (Å²) in [5, 5.41) is 3.40. The number of pyridine rings is 1. The van der Waals surface area contributed by atoms with Gasteiger partial charge in [0.2, 0.25) is 0 Å². The lowest BCUT2D eigenvalue weighted by Crippen LogP contribution is -2.24. The van der Waals surface area contributed by atoms with Crippen molar-refractivity contribution in [1.82, 2.24) is 15.3 Å². The Labute approximate surface area is 114 Å². The number of nitrogens with zero attached hydrogens (tertiary/aromatic N) is 1. The zero-order chi connectivity index (χ0) is 13.9.